The van der Waals surface area contributed by atoms with Crippen molar-refractivity contribution in [3.8, 4) is 0 Å². The van der Waals surface area contributed by atoms with Crippen LogP contribution in [-0.2, 0) is 6.54 Å². The number of aromatic nitrogens is 5. The summed E-state index contributed by atoms with van der Waals surface area (Å²) in [4.78, 5) is 22.5. The van der Waals surface area contributed by atoms with Crippen LogP contribution in [0.2, 0.25) is 0 Å². The number of hydrogen-bond acceptors (Lipinski definition) is 7. The van der Waals surface area contributed by atoms with Crippen molar-refractivity contribution in [2.75, 3.05) is 37.0 Å². The Morgan fingerprint density at radius 2 is 2.19 bits per heavy atom. The quantitative estimate of drug-likeness (QED) is 0.689. The van der Waals surface area contributed by atoms with Crippen LogP contribution in [0.15, 0.2) is 35.7 Å². The Bertz CT molecular complexity index is 843. The highest BCUT2D eigenvalue weighted by molar-refractivity contribution is 7.07. The molecule has 0 bridgehead atoms. The molecule has 26 heavy (non-hydrogen) atoms. The topological polar surface area (TPSA) is 63.0 Å². The summed E-state index contributed by atoms with van der Waals surface area (Å²) in [6.07, 6.45) is 9.88. The molecule has 1 aliphatic rings. The summed E-state index contributed by atoms with van der Waals surface area (Å²) in [5, 5.41) is 2.10. The number of nitrogens with zero attached hydrogens (tertiary/aromatic N) is 7. The largest absolute Gasteiger partial charge is 0.361 e. The standard InChI is InChI=1S/C18H23N7S/c1-23(2)16-8-19-9-17(22-16)24-6-3-4-14(10-24)18-20-5-7-25(18)11-15-12-26-13-21-15/h5,7-9,12-14H,3-4,6,10-11H2,1-2H3/t14-/m1/s1. The normalized spacial score (nSPS) is 17.5. The molecule has 0 aromatic carbocycles. The molecule has 1 atom stereocenters. The summed E-state index contributed by atoms with van der Waals surface area (Å²) in [5.74, 6) is 3.36. The van der Waals surface area contributed by atoms with Gasteiger partial charge in [0, 0.05) is 50.9 Å². The smallest absolute Gasteiger partial charge is 0.149 e. The highest BCUT2D eigenvalue weighted by Crippen LogP contribution is 2.29. The molecule has 1 saturated heterocycles. The monoisotopic (exact) mass is 369 g/mol. The third kappa shape index (κ3) is 3.55. The van der Waals surface area contributed by atoms with Crippen molar-refractivity contribution < 1.29 is 0 Å². The molecular formula is C18H23N7S. The van der Waals surface area contributed by atoms with Gasteiger partial charge in [0.1, 0.15) is 17.5 Å². The average Bonchev–Trinajstić information content (AvgIpc) is 3.34. The van der Waals surface area contributed by atoms with E-state index >= 15 is 0 Å². The molecule has 4 rings (SSSR count). The van der Waals surface area contributed by atoms with Crippen LogP contribution in [0.3, 0.4) is 0 Å². The van der Waals surface area contributed by atoms with E-state index < -0.39 is 0 Å². The zero-order valence-electron chi connectivity index (χ0n) is 15.1. The van der Waals surface area contributed by atoms with E-state index in [1.807, 2.05) is 36.9 Å². The first-order valence-electron chi connectivity index (χ1n) is 8.83. The Morgan fingerprint density at radius 3 is 3.00 bits per heavy atom. The van der Waals surface area contributed by atoms with E-state index in [0.717, 1.165) is 55.6 Å². The van der Waals surface area contributed by atoms with Gasteiger partial charge in [0.2, 0.25) is 0 Å². The van der Waals surface area contributed by atoms with E-state index in [4.69, 9.17) is 4.98 Å². The fourth-order valence-corrected chi connectivity index (χ4v) is 3.96. The Hall–Kier alpha value is -2.48. The molecule has 0 amide bonds. The van der Waals surface area contributed by atoms with Crippen LogP contribution in [0.5, 0.6) is 0 Å². The van der Waals surface area contributed by atoms with Gasteiger partial charge in [-0.3, -0.25) is 4.98 Å². The van der Waals surface area contributed by atoms with E-state index in [0.29, 0.717) is 5.92 Å². The average molecular weight is 369 g/mol. The second-order valence-electron chi connectivity index (χ2n) is 6.81. The molecule has 3 aromatic rings. The van der Waals surface area contributed by atoms with Crippen molar-refractivity contribution >= 4 is 23.0 Å². The predicted octanol–water partition coefficient (Wildman–Crippen LogP) is 2.63. The first kappa shape index (κ1) is 17.0. The van der Waals surface area contributed by atoms with Gasteiger partial charge in [-0.2, -0.15) is 0 Å². The maximum Gasteiger partial charge on any atom is 0.149 e. The van der Waals surface area contributed by atoms with Crippen LogP contribution in [0.4, 0.5) is 11.6 Å². The van der Waals surface area contributed by atoms with Crippen LogP contribution >= 0.6 is 11.3 Å². The third-order valence-electron chi connectivity index (χ3n) is 4.74. The highest BCUT2D eigenvalue weighted by Gasteiger charge is 2.26. The van der Waals surface area contributed by atoms with Gasteiger partial charge in [0.15, 0.2) is 0 Å². The molecule has 4 heterocycles. The van der Waals surface area contributed by atoms with Crippen LogP contribution in [-0.4, -0.2) is 51.7 Å². The Balaban J connectivity index is 1.53. The van der Waals surface area contributed by atoms with Crippen molar-refractivity contribution in [2.45, 2.75) is 25.3 Å². The van der Waals surface area contributed by atoms with Crippen molar-refractivity contribution in [1.82, 2.24) is 24.5 Å². The van der Waals surface area contributed by atoms with E-state index in [-0.39, 0.29) is 0 Å². The predicted molar refractivity (Wildman–Crippen MR) is 104 cm³/mol. The Labute approximate surface area is 157 Å². The van der Waals surface area contributed by atoms with Gasteiger partial charge in [0.05, 0.1) is 30.1 Å². The highest BCUT2D eigenvalue weighted by atomic mass is 32.1. The zero-order chi connectivity index (χ0) is 17.9. The van der Waals surface area contributed by atoms with Crippen LogP contribution < -0.4 is 9.80 Å². The summed E-state index contributed by atoms with van der Waals surface area (Å²) in [5.41, 5.74) is 2.97. The van der Waals surface area contributed by atoms with Crippen LogP contribution in [0, 0.1) is 0 Å². The summed E-state index contributed by atoms with van der Waals surface area (Å²) >= 11 is 1.63. The first-order valence-corrected chi connectivity index (χ1v) is 9.77. The molecule has 0 spiro atoms. The van der Waals surface area contributed by atoms with E-state index in [2.05, 4.69) is 36.0 Å². The van der Waals surface area contributed by atoms with Crippen molar-refractivity contribution in [3.63, 3.8) is 0 Å². The van der Waals surface area contributed by atoms with Crippen molar-refractivity contribution in [2.24, 2.45) is 0 Å². The summed E-state index contributed by atoms with van der Waals surface area (Å²) < 4.78 is 2.23. The Morgan fingerprint density at radius 1 is 1.27 bits per heavy atom. The number of thiazole rings is 1. The summed E-state index contributed by atoms with van der Waals surface area (Å²) in [6, 6.07) is 0. The minimum Gasteiger partial charge on any atom is -0.361 e. The molecule has 1 aliphatic heterocycles. The van der Waals surface area contributed by atoms with Crippen molar-refractivity contribution in [1.29, 1.82) is 0 Å². The van der Waals surface area contributed by atoms with Gasteiger partial charge in [-0.05, 0) is 12.8 Å². The first-order chi connectivity index (χ1) is 12.7. The second kappa shape index (κ2) is 7.41. The van der Waals surface area contributed by atoms with Crippen LogP contribution in [0.25, 0.3) is 0 Å². The van der Waals surface area contributed by atoms with Gasteiger partial charge < -0.3 is 14.4 Å². The lowest BCUT2D eigenvalue weighted by Gasteiger charge is -2.33. The molecule has 0 radical (unpaired) electrons. The van der Waals surface area contributed by atoms with Gasteiger partial charge in [-0.1, -0.05) is 0 Å². The number of imidazole rings is 1. The number of hydrogen-bond donors (Lipinski definition) is 0. The molecular weight excluding hydrogens is 346 g/mol. The van der Waals surface area contributed by atoms with Gasteiger partial charge >= 0.3 is 0 Å². The number of anilines is 2. The molecule has 0 aliphatic carbocycles. The molecule has 0 saturated carbocycles. The molecule has 136 valence electrons. The Kier molecular flexibility index (Phi) is 4.83. The second-order valence-corrected chi connectivity index (χ2v) is 7.53. The van der Waals surface area contributed by atoms with Crippen molar-refractivity contribution in [3.05, 3.63) is 47.2 Å². The van der Waals surface area contributed by atoms with Gasteiger partial charge in [-0.15, -0.1) is 11.3 Å². The number of piperidine rings is 1. The molecule has 3 aromatic heterocycles. The minimum absolute atomic E-state index is 0.391. The van der Waals surface area contributed by atoms with Crippen LogP contribution in [0.1, 0.15) is 30.3 Å². The van der Waals surface area contributed by atoms with Gasteiger partial charge in [0.25, 0.3) is 0 Å². The molecule has 0 N–H and O–H groups in total. The molecule has 7 nitrogen and oxygen atoms in total. The molecule has 8 heteroatoms. The van der Waals surface area contributed by atoms with Gasteiger partial charge in [-0.25, -0.2) is 15.0 Å². The minimum atomic E-state index is 0.391. The maximum atomic E-state index is 4.75. The van der Waals surface area contributed by atoms with E-state index in [1.165, 1.54) is 0 Å². The lowest BCUT2D eigenvalue weighted by Crippen LogP contribution is -2.36. The van der Waals surface area contributed by atoms with E-state index in [1.54, 1.807) is 17.5 Å². The number of rotatable bonds is 5. The van der Waals surface area contributed by atoms with E-state index in [9.17, 15) is 0 Å². The lowest BCUT2D eigenvalue weighted by atomic mass is 9.97. The SMILES string of the molecule is CN(C)c1cncc(N2CCC[C@@H](c3nccn3Cc3cscn3)C2)n1. The third-order valence-corrected chi connectivity index (χ3v) is 5.38. The summed E-state index contributed by atoms with van der Waals surface area (Å²) in [7, 11) is 3.98. The fourth-order valence-electron chi connectivity index (χ4n) is 3.41. The lowest BCUT2D eigenvalue weighted by molar-refractivity contribution is 0.473. The zero-order valence-corrected chi connectivity index (χ0v) is 15.9. The summed E-state index contributed by atoms with van der Waals surface area (Å²) in [6.45, 7) is 2.71. The fraction of sp³-hybridized carbons (Fsp3) is 0.444. The molecule has 1 fully saturated rings. The molecule has 0 unspecified atom stereocenters. The maximum absolute atomic E-state index is 4.75.